The van der Waals surface area contributed by atoms with E-state index >= 15 is 0 Å². The molecule has 0 aromatic heterocycles. The topological polar surface area (TPSA) is 12.5 Å². The molecule has 0 atom stereocenters. The van der Waals surface area contributed by atoms with Gasteiger partial charge in [0.2, 0.25) is 0 Å². The van der Waals surface area contributed by atoms with Crippen molar-refractivity contribution in [3.8, 4) is 0 Å². The van der Waals surface area contributed by atoms with E-state index in [0.717, 1.165) is 13.2 Å². The van der Waals surface area contributed by atoms with Crippen LogP contribution in [0.2, 0.25) is 0 Å². The van der Waals surface area contributed by atoms with Crippen LogP contribution in [0.25, 0.3) is 0 Å². The molecule has 0 heterocycles. The maximum atomic E-state index is 5.45. The van der Waals surface area contributed by atoms with Gasteiger partial charge in [0.05, 0.1) is 12.7 Å². The third-order valence-electron chi connectivity index (χ3n) is 1.82. The minimum atomic E-state index is 0.365. The molecule has 0 aromatic rings. The second-order valence-corrected chi connectivity index (χ2v) is 3.58. The first kappa shape index (κ1) is 11.9. The van der Waals surface area contributed by atoms with Crippen LogP contribution in [0.4, 0.5) is 0 Å². The largest absolute Gasteiger partial charge is 0.377 e. The Bertz CT molecular complexity index is 93.8. The van der Waals surface area contributed by atoms with Gasteiger partial charge in [-0.15, -0.1) is 0 Å². The third-order valence-corrected chi connectivity index (χ3v) is 1.82. The van der Waals surface area contributed by atoms with Crippen molar-refractivity contribution in [2.75, 3.05) is 26.7 Å². The Morgan fingerprint density at radius 3 is 2.42 bits per heavy atom. The highest BCUT2D eigenvalue weighted by Crippen LogP contribution is 1.93. The van der Waals surface area contributed by atoms with Crippen LogP contribution < -0.4 is 0 Å². The van der Waals surface area contributed by atoms with Crippen LogP contribution in [0.3, 0.4) is 0 Å². The van der Waals surface area contributed by atoms with Gasteiger partial charge in [-0.25, -0.2) is 0 Å². The highest BCUT2D eigenvalue weighted by Gasteiger charge is 1.97. The van der Waals surface area contributed by atoms with Gasteiger partial charge in [0, 0.05) is 6.54 Å². The molecule has 0 radical (unpaired) electrons. The zero-order chi connectivity index (χ0) is 9.40. The Hall–Kier alpha value is -0.0800. The average Bonchev–Trinajstić information content (AvgIpc) is 2.00. The fourth-order valence-electron chi connectivity index (χ4n) is 0.984. The second-order valence-electron chi connectivity index (χ2n) is 3.58. The number of likely N-dealkylation sites (N-methyl/N-ethyl adjacent to an activating group) is 1. The Morgan fingerprint density at radius 2 is 1.92 bits per heavy atom. The van der Waals surface area contributed by atoms with Crippen LogP contribution in [-0.4, -0.2) is 37.7 Å². The standard InChI is InChI=1S/C10H23NO/c1-5-6-7-11(4)8-9-12-10(2)3/h10H,5-9H2,1-4H3. The molecule has 0 saturated carbocycles. The zero-order valence-corrected chi connectivity index (χ0v) is 8.97. The smallest absolute Gasteiger partial charge is 0.0596 e. The molecule has 0 N–H and O–H groups in total. The lowest BCUT2D eigenvalue weighted by atomic mass is 10.3. The molecule has 0 rings (SSSR count). The third kappa shape index (κ3) is 8.02. The molecule has 0 aromatic carbocycles. The summed E-state index contributed by atoms with van der Waals surface area (Å²) in [6.45, 7) is 9.48. The molecule has 0 amide bonds. The highest BCUT2D eigenvalue weighted by molar-refractivity contribution is 4.50. The van der Waals surface area contributed by atoms with E-state index in [-0.39, 0.29) is 0 Å². The molecule has 0 bridgehead atoms. The van der Waals surface area contributed by atoms with Crippen molar-refractivity contribution < 1.29 is 4.74 Å². The molecule has 0 aliphatic heterocycles. The van der Waals surface area contributed by atoms with Crippen LogP contribution >= 0.6 is 0 Å². The van der Waals surface area contributed by atoms with Gasteiger partial charge in [0.25, 0.3) is 0 Å². The number of hydrogen-bond acceptors (Lipinski definition) is 2. The predicted octanol–water partition coefficient (Wildman–Crippen LogP) is 2.14. The van der Waals surface area contributed by atoms with Crippen molar-refractivity contribution in [3.05, 3.63) is 0 Å². The summed E-state index contributed by atoms with van der Waals surface area (Å²) in [5, 5.41) is 0. The number of unbranched alkanes of at least 4 members (excludes halogenated alkanes) is 1. The number of hydrogen-bond donors (Lipinski definition) is 0. The summed E-state index contributed by atoms with van der Waals surface area (Å²) < 4.78 is 5.45. The first-order valence-electron chi connectivity index (χ1n) is 4.97. The van der Waals surface area contributed by atoms with Crippen molar-refractivity contribution in [3.63, 3.8) is 0 Å². The van der Waals surface area contributed by atoms with Crippen molar-refractivity contribution in [2.24, 2.45) is 0 Å². The number of ether oxygens (including phenoxy) is 1. The van der Waals surface area contributed by atoms with E-state index in [1.165, 1.54) is 19.4 Å². The first-order valence-corrected chi connectivity index (χ1v) is 4.97. The summed E-state index contributed by atoms with van der Waals surface area (Å²) in [5.41, 5.74) is 0. The van der Waals surface area contributed by atoms with E-state index in [0.29, 0.717) is 6.10 Å². The zero-order valence-electron chi connectivity index (χ0n) is 8.97. The molecule has 12 heavy (non-hydrogen) atoms. The fourth-order valence-corrected chi connectivity index (χ4v) is 0.984. The summed E-state index contributed by atoms with van der Waals surface area (Å²) in [4.78, 5) is 2.33. The van der Waals surface area contributed by atoms with Crippen LogP contribution in [0.1, 0.15) is 33.6 Å². The highest BCUT2D eigenvalue weighted by atomic mass is 16.5. The van der Waals surface area contributed by atoms with Crippen molar-refractivity contribution >= 4 is 0 Å². The van der Waals surface area contributed by atoms with Gasteiger partial charge in [0.15, 0.2) is 0 Å². The van der Waals surface area contributed by atoms with Crippen LogP contribution in [0.15, 0.2) is 0 Å². The van der Waals surface area contributed by atoms with Gasteiger partial charge in [-0.05, 0) is 33.9 Å². The van der Waals surface area contributed by atoms with E-state index in [2.05, 4.69) is 32.7 Å². The molecular formula is C10H23NO. The molecule has 2 nitrogen and oxygen atoms in total. The molecular weight excluding hydrogens is 150 g/mol. The Morgan fingerprint density at radius 1 is 1.25 bits per heavy atom. The molecule has 0 fully saturated rings. The van der Waals surface area contributed by atoms with Crippen LogP contribution in [0.5, 0.6) is 0 Å². The van der Waals surface area contributed by atoms with E-state index < -0.39 is 0 Å². The van der Waals surface area contributed by atoms with Gasteiger partial charge >= 0.3 is 0 Å². The molecule has 0 unspecified atom stereocenters. The Kier molecular flexibility index (Phi) is 7.51. The predicted molar refractivity (Wildman–Crippen MR) is 53.5 cm³/mol. The van der Waals surface area contributed by atoms with Gasteiger partial charge in [-0.1, -0.05) is 13.3 Å². The summed E-state index contributed by atoms with van der Waals surface area (Å²) in [6.07, 6.45) is 2.93. The molecule has 74 valence electrons. The van der Waals surface area contributed by atoms with E-state index in [4.69, 9.17) is 4.74 Å². The van der Waals surface area contributed by atoms with Gasteiger partial charge in [-0.3, -0.25) is 0 Å². The van der Waals surface area contributed by atoms with E-state index in [1.54, 1.807) is 0 Å². The van der Waals surface area contributed by atoms with Gasteiger partial charge in [-0.2, -0.15) is 0 Å². The normalized spacial score (nSPS) is 11.5. The van der Waals surface area contributed by atoms with Crippen molar-refractivity contribution in [2.45, 2.75) is 39.7 Å². The maximum absolute atomic E-state index is 5.45. The van der Waals surface area contributed by atoms with Gasteiger partial charge in [0.1, 0.15) is 0 Å². The monoisotopic (exact) mass is 173 g/mol. The number of nitrogens with zero attached hydrogens (tertiary/aromatic N) is 1. The van der Waals surface area contributed by atoms with Gasteiger partial charge < -0.3 is 9.64 Å². The Labute approximate surface area is 76.9 Å². The minimum Gasteiger partial charge on any atom is -0.377 e. The summed E-state index contributed by atoms with van der Waals surface area (Å²) in [5.74, 6) is 0. The maximum Gasteiger partial charge on any atom is 0.0596 e. The number of rotatable bonds is 7. The van der Waals surface area contributed by atoms with Crippen molar-refractivity contribution in [1.29, 1.82) is 0 Å². The van der Waals surface area contributed by atoms with Crippen LogP contribution in [-0.2, 0) is 4.74 Å². The average molecular weight is 173 g/mol. The lowest BCUT2D eigenvalue weighted by molar-refractivity contribution is 0.0637. The molecule has 0 aliphatic carbocycles. The van der Waals surface area contributed by atoms with Crippen molar-refractivity contribution in [1.82, 2.24) is 4.90 Å². The second kappa shape index (κ2) is 7.56. The fraction of sp³-hybridized carbons (Fsp3) is 1.00. The SMILES string of the molecule is CCCCN(C)CCOC(C)C. The summed E-state index contributed by atoms with van der Waals surface area (Å²) >= 11 is 0. The molecule has 0 aliphatic rings. The quantitative estimate of drug-likeness (QED) is 0.585. The molecule has 0 saturated heterocycles. The molecule has 0 spiro atoms. The first-order chi connectivity index (χ1) is 5.66. The molecule has 2 heteroatoms. The van der Waals surface area contributed by atoms with E-state index in [1.807, 2.05) is 0 Å². The summed E-state index contributed by atoms with van der Waals surface area (Å²) in [6, 6.07) is 0. The Balaban J connectivity index is 3.13. The minimum absolute atomic E-state index is 0.365. The lowest BCUT2D eigenvalue weighted by Crippen LogP contribution is -2.25. The summed E-state index contributed by atoms with van der Waals surface area (Å²) in [7, 11) is 2.15. The lowest BCUT2D eigenvalue weighted by Gasteiger charge is -2.16. The van der Waals surface area contributed by atoms with E-state index in [9.17, 15) is 0 Å². The van der Waals surface area contributed by atoms with Crippen LogP contribution in [0, 0.1) is 0 Å².